The highest BCUT2D eigenvalue weighted by atomic mass is 35.5. The molecular formula is C15H18Cl2N2. The predicted octanol–water partition coefficient (Wildman–Crippen LogP) is 4.83. The largest absolute Gasteiger partial charge is 0.325 e. The Balaban J connectivity index is 2.16. The highest BCUT2D eigenvalue weighted by Crippen LogP contribution is 2.38. The van der Waals surface area contributed by atoms with Crippen molar-refractivity contribution in [2.24, 2.45) is 5.92 Å². The third kappa shape index (κ3) is 2.36. The molecule has 0 amide bonds. The number of rotatable bonds is 3. The van der Waals surface area contributed by atoms with Gasteiger partial charge in [0.2, 0.25) is 0 Å². The van der Waals surface area contributed by atoms with Gasteiger partial charge in [-0.15, -0.1) is 11.6 Å². The first-order valence-electron chi connectivity index (χ1n) is 6.93. The summed E-state index contributed by atoms with van der Waals surface area (Å²) in [6.45, 7) is 2.34. The van der Waals surface area contributed by atoms with Gasteiger partial charge in [0, 0.05) is 23.4 Å². The van der Waals surface area contributed by atoms with Crippen molar-refractivity contribution in [2.45, 2.75) is 38.6 Å². The van der Waals surface area contributed by atoms with Crippen LogP contribution < -0.4 is 0 Å². The lowest BCUT2D eigenvalue weighted by Gasteiger charge is -2.21. The van der Waals surface area contributed by atoms with Crippen molar-refractivity contribution >= 4 is 34.2 Å². The smallest absolute Gasteiger partial charge is 0.111 e. The van der Waals surface area contributed by atoms with E-state index < -0.39 is 0 Å². The summed E-state index contributed by atoms with van der Waals surface area (Å²) >= 11 is 12.0. The zero-order chi connectivity index (χ0) is 13.4. The SMILES string of the molecule is CC1CCCC1n1c(CCCl)nc2cc(Cl)ccc21. The monoisotopic (exact) mass is 296 g/mol. The lowest BCUT2D eigenvalue weighted by molar-refractivity contribution is 0.406. The molecule has 2 unspecified atom stereocenters. The van der Waals surface area contributed by atoms with Crippen molar-refractivity contribution in [2.75, 3.05) is 5.88 Å². The van der Waals surface area contributed by atoms with E-state index in [0.717, 1.165) is 22.8 Å². The number of nitrogens with zero attached hydrogens (tertiary/aromatic N) is 2. The molecular weight excluding hydrogens is 279 g/mol. The van der Waals surface area contributed by atoms with E-state index >= 15 is 0 Å². The molecule has 1 fully saturated rings. The molecule has 1 heterocycles. The van der Waals surface area contributed by atoms with Crippen molar-refractivity contribution < 1.29 is 0 Å². The molecule has 0 radical (unpaired) electrons. The quantitative estimate of drug-likeness (QED) is 0.742. The van der Waals surface area contributed by atoms with Gasteiger partial charge in [-0.1, -0.05) is 24.9 Å². The number of fused-ring (bicyclic) bond motifs is 1. The fourth-order valence-electron chi connectivity index (χ4n) is 3.26. The Hall–Kier alpha value is -0.730. The highest BCUT2D eigenvalue weighted by molar-refractivity contribution is 6.31. The number of aryl methyl sites for hydroxylation is 1. The maximum absolute atomic E-state index is 6.07. The van der Waals surface area contributed by atoms with Gasteiger partial charge in [-0.05, 0) is 37.0 Å². The third-order valence-corrected chi connectivity index (χ3v) is 4.61. The minimum atomic E-state index is 0.560. The Morgan fingerprint density at radius 1 is 1.37 bits per heavy atom. The average Bonchev–Trinajstić information content (AvgIpc) is 2.92. The molecule has 1 aliphatic rings. The van der Waals surface area contributed by atoms with Gasteiger partial charge in [-0.2, -0.15) is 0 Å². The summed E-state index contributed by atoms with van der Waals surface area (Å²) in [6.07, 6.45) is 4.67. The molecule has 3 rings (SSSR count). The van der Waals surface area contributed by atoms with Crippen molar-refractivity contribution in [1.29, 1.82) is 0 Å². The first-order chi connectivity index (χ1) is 9.20. The summed E-state index contributed by atoms with van der Waals surface area (Å²) in [5.74, 6) is 2.42. The topological polar surface area (TPSA) is 17.8 Å². The van der Waals surface area contributed by atoms with E-state index in [1.165, 1.54) is 24.8 Å². The first kappa shape index (κ1) is 13.3. The number of halogens is 2. The Morgan fingerprint density at radius 2 is 2.21 bits per heavy atom. The predicted molar refractivity (Wildman–Crippen MR) is 81.2 cm³/mol. The highest BCUT2D eigenvalue weighted by Gasteiger charge is 2.28. The molecule has 1 saturated carbocycles. The van der Waals surface area contributed by atoms with E-state index in [2.05, 4.69) is 17.6 Å². The van der Waals surface area contributed by atoms with Crippen LogP contribution in [0.15, 0.2) is 18.2 Å². The molecule has 1 aromatic heterocycles. The maximum Gasteiger partial charge on any atom is 0.111 e. The Kier molecular flexibility index (Phi) is 3.72. The molecule has 2 nitrogen and oxygen atoms in total. The second-order valence-corrected chi connectivity index (χ2v) is 6.26. The Bertz CT molecular complexity index is 591. The fraction of sp³-hybridized carbons (Fsp3) is 0.533. The lowest BCUT2D eigenvalue weighted by Crippen LogP contribution is -2.15. The molecule has 19 heavy (non-hydrogen) atoms. The summed E-state index contributed by atoms with van der Waals surface area (Å²) in [6, 6.07) is 6.55. The number of hydrogen-bond acceptors (Lipinski definition) is 1. The van der Waals surface area contributed by atoms with Gasteiger partial charge >= 0.3 is 0 Å². The molecule has 1 aromatic carbocycles. The van der Waals surface area contributed by atoms with E-state index in [4.69, 9.17) is 28.2 Å². The van der Waals surface area contributed by atoms with Crippen LogP contribution in [0, 0.1) is 5.92 Å². The zero-order valence-electron chi connectivity index (χ0n) is 11.1. The van der Waals surface area contributed by atoms with Crippen LogP contribution >= 0.6 is 23.2 Å². The van der Waals surface area contributed by atoms with Crippen LogP contribution in [0.5, 0.6) is 0 Å². The van der Waals surface area contributed by atoms with Crippen LogP contribution in [0.4, 0.5) is 0 Å². The average molecular weight is 297 g/mol. The van der Waals surface area contributed by atoms with Crippen LogP contribution in [0.3, 0.4) is 0 Å². The van der Waals surface area contributed by atoms with Crippen LogP contribution in [0.2, 0.25) is 5.02 Å². The minimum Gasteiger partial charge on any atom is -0.325 e. The molecule has 0 spiro atoms. The fourth-order valence-corrected chi connectivity index (χ4v) is 3.60. The standard InChI is InChI=1S/C15H18Cl2N2/c1-10-3-2-4-13(10)19-14-6-5-11(17)9-12(14)18-15(19)7-8-16/h5-6,9-10,13H,2-4,7-8H2,1H3. The van der Waals surface area contributed by atoms with Crippen molar-refractivity contribution in [3.8, 4) is 0 Å². The second-order valence-electron chi connectivity index (χ2n) is 5.45. The van der Waals surface area contributed by atoms with Gasteiger partial charge in [0.15, 0.2) is 0 Å². The third-order valence-electron chi connectivity index (χ3n) is 4.19. The summed E-state index contributed by atoms with van der Waals surface area (Å²) in [5.41, 5.74) is 2.19. The zero-order valence-corrected chi connectivity index (χ0v) is 12.6. The minimum absolute atomic E-state index is 0.560. The summed E-state index contributed by atoms with van der Waals surface area (Å²) < 4.78 is 2.41. The van der Waals surface area contributed by atoms with E-state index in [1.807, 2.05) is 12.1 Å². The summed E-state index contributed by atoms with van der Waals surface area (Å²) in [4.78, 5) is 4.74. The molecule has 0 aliphatic heterocycles. The number of aromatic nitrogens is 2. The van der Waals surface area contributed by atoms with E-state index in [-0.39, 0.29) is 0 Å². The second kappa shape index (κ2) is 5.34. The van der Waals surface area contributed by atoms with Gasteiger partial charge in [0.25, 0.3) is 0 Å². The molecule has 0 bridgehead atoms. The van der Waals surface area contributed by atoms with Crippen LogP contribution in [-0.4, -0.2) is 15.4 Å². The Morgan fingerprint density at radius 3 is 2.89 bits per heavy atom. The molecule has 4 heteroatoms. The summed E-state index contributed by atoms with van der Waals surface area (Å²) in [7, 11) is 0. The first-order valence-corrected chi connectivity index (χ1v) is 7.84. The van der Waals surface area contributed by atoms with E-state index in [9.17, 15) is 0 Å². The molecule has 102 valence electrons. The normalized spacial score (nSPS) is 23.3. The number of hydrogen-bond donors (Lipinski definition) is 0. The molecule has 2 atom stereocenters. The van der Waals surface area contributed by atoms with Crippen molar-refractivity contribution in [3.05, 3.63) is 29.0 Å². The number of imidazole rings is 1. The molecule has 0 saturated heterocycles. The molecule has 1 aliphatic carbocycles. The van der Waals surface area contributed by atoms with Gasteiger partial charge in [-0.3, -0.25) is 0 Å². The van der Waals surface area contributed by atoms with Gasteiger partial charge in [0.1, 0.15) is 5.82 Å². The van der Waals surface area contributed by atoms with Crippen LogP contribution in [-0.2, 0) is 6.42 Å². The lowest BCUT2D eigenvalue weighted by atomic mass is 10.1. The number of alkyl halides is 1. The Labute approximate surface area is 123 Å². The molecule has 0 N–H and O–H groups in total. The van der Waals surface area contributed by atoms with Crippen molar-refractivity contribution in [1.82, 2.24) is 9.55 Å². The van der Waals surface area contributed by atoms with Crippen LogP contribution in [0.1, 0.15) is 38.1 Å². The van der Waals surface area contributed by atoms with Gasteiger partial charge < -0.3 is 4.57 Å². The van der Waals surface area contributed by atoms with Crippen LogP contribution in [0.25, 0.3) is 11.0 Å². The number of benzene rings is 1. The van der Waals surface area contributed by atoms with Crippen molar-refractivity contribution in [3.63, 3.8) is 0 Å². The summed E-state index contributed by atoms with van der Waals surface area (Å²) in [5, 5.41) is 0.744. The maximum atomic E-state index is 6.07. The van der Waals surface area contributed by atoms with E-state index in [0.29, 0.717) is 17.8 Å². The molecule has 2 aromatic rings. The van der Waals surface area contributed by atoms with E-state index in [1.54, 1.807) is 0 Å². The van der Waals surface area contributed by atoms with Gasteiger partial charge in [0.05, 0.1) is 11.0 Å². The van der Waals surface area contributed by atoms with Gasteiger partial charge in [-0.25, -0.2) is 4.98 Å².